The van der Waals surface area contributed by atoms with E-state index in [0.29, 0.717) is 11.1 Å². The van der Waals surface area contributed by atoms with Crippen LogP contribution < -0.4 is 4.90 Å². The molecule has 0 unspecified atom stereocenters. The number of aromatic hydroxyl groups is 1. The first kappa shape index (κ1) is 16.2. The van der Waals surface area contributed by atoms with E-state index in [-0.39, 0.29) is 5.78 Å². The van der Waals surface area contributed by atoms with Gasteiger partial charge in [-0.15, -0.1) is 0 Å². The fraction of sp³-hybridized carbons (Fsp3) is 0.118. The third-order valence-corrected chi connectivity index (χ3v) is 3.29. The number of benzene rings is 2. The highest BCUT2D eigenvalue weighted by Gasteiger charge is 2.12. The van der Waals surface area contributed by atoms with Crippen molar-refractivity contribution in [3.05, 3.63) is 69.8 Å². The quantitative estimate of drug-likeness (QED) is 0.396. The lowest BCUT2D eigenvalue weighted by molar-refractivity contribution is -0.385. The first-order chi connectivity index (χ1) is 10.9. The van der Waals surface area contributed by atoms with Crippen LogP contribution in [0.15, 0.2) is 48.5 Å². The number of nitrogens with zero attached hydrogens (tertiary/aromatic N) is 2. The van der Waals surface area contributed by atoms with Crippen LogP contribution in [0, 0.1) is 10.1 Å². The van der Waals surface area contributed by atoms with Gasteiger partial charge in [0.25, 0.3) is 0 Å². The topological polar surface area (TPSA) is 83.7 Å². The number of carbonyl (C=O) groups is 1. The lowest BCUT2D eigenvalue weighted by Crippen LogP contribution is -2.08. The minimum atomic E-state index is -0.672. The largest absolute Gasteiger partial charge is 0.502 e. The molecule has 0 aliphatic rings. The molecule has 1 N–H and O–H groups in total. The predicted molar refractivity (Wildman–Crippen MR) is 88.9 cm³/mol. The van der Waals surface area contributed by atoms with Crippen LogP contribution in [0.25, 0.3) is 6.08 Å². The minimum absolute atomic E-state index is 0.203. The first-order valence-electron chi connectivity index (χ1n) is 6.85. The number of phenols is 1. The molecule has 2 aromatic carbocycles. The number of rotatable bonds is 5. The molecule has 0 atom stereocenters. The molecule has 2 rings (SSSR count). The van der Waals surface area contributed by atoms with Crippen molar-refractivity contribution in [2.75, 3.05) is 19.0 Å². The molecule has 118 valence electrons. The van der Waals surface area contributed by atoms with Crippen LogP contribution in [-0.4, -0.2) is 29.9 Å². The van der Waals surface area contributed by atoms with E-state index in [1.807, 2.05) is 31.1 Å². The van der Waals surface area contributed by atoms with Gasteiger partial charge in [0.2, 0.25) is 0 Å². The molecule has 0 heterocycles. The van der Waals surface area contributed by atoms with Crippen LogP contribution >= 0.6 is 0 Å². The van der Waals surface area contributed by atoms with Gasteiger partial charge in [-0.2, -0.15) is 0 Å². The Bertz CT molecular complexity index is 765. The zero-order valence-corrected chi connectivity index (χ0v) is 12.8. The van der Waals surface area contributed by atoms with Gasteiger partial charge in [-0.1, -0.05) is 12.1 Å². The molecule has 0 fully saturated rings. The maximum Gasteiger partial charge on any atom is 0.311 e. The third kappa shape index (κ3) is 3.94. The summed E-state index contributed by atoms with van der Waals surface area (Å²) in [6, 6.07) is 11.1. The van der Waals surface area contributed by atoms with Crippen molar-refractivity contribution < 1.29 is 14.8 Å². The average Bonchev–Trinajstić information content (AvgIpc) is 2.53. The van der Waals surface area contributed by atoms with E-state index < -0.39 is 16.4 Å². The van der Waals surface area contributed by atoms with Crippen LogP contribution in [-0.2, 0) is 0 Å². The second-order valence-electron chi connectivity index (χ2n) is 5.14. The summed E-state index contributed by atoms with van der Waals surface area (Å²) < 4.78 is 0. The maximum atomic E-state index is 12.1. The third-order valence-electron chi connectivity index (χ3n) is 3.29. The number of hydrogen-bond donors (Lipinski definition) is 1. The smallest absolute Gasteiger partial charge is 0.311 e. The molecule has 6 nitrogen and oxygen atoms in total. The van der Waals surface area contributed by atoms with E-state index in [2.05, 4.69) is 0 Å². The first-order valence-corrected chi connectivity index (χ1v) is 6.85. The molecular formula is C17H16N2O4. The normalized spacial score (nSPS) is 10.7. The molecule has 0 bridgehead atoms. The Morgan fingerprint density at radius 3 is 2.39 bits per heavy atom. The summed E-state index contributed by atoms with van der Waals surface area (Å²) in [6.45, 7) is 0. The Labute approximate surface area is 133 Å². The number of anilines is 1. The zero-order valence-electron chi connectivity index (χ0n) is 12.8. The number of carbonyl (C=O) groups excluding carboxylic acids is 1. The number of hydrogen-bond acceptors (Lipinski definition) is 5. The van der Waals surface area contributed by atoms with Crippen molar-refractivity contribution in [1.82, 2.24) is 0 Å². The Morgan fingerprint density at radius 1 is 1.17 bits per heavy atom. The highest BCUT2D eigenvalue weighted by Crippen LogP contribution is 2.26. The van der Waals surface area contributed by atoms with Gasteiger partial charge in [-0.25, -0.2) is 0 Å². The maximum absolute atomic E-state index is 12.1. The van der Waals surface area contributed by atoms with Gasteiger partial charge in [0, 0.05) is 31.4 Å². The molecule has 0 radical (unpaired) electrons. The number of nitro benzene ring substituents is 1. The van der Waals surface area contributed by atoms with Crippen molar-refractivity contribution in [3.63, 3.8) is 0 Å². The van der Waals surface area contributed by atoms with Crippen molar-refractivity contribution in [2.45, 2.75) is 0 Å². The number of nitro groups is 1. The summed E-state index contributed by atoms with van der Waals surface area (Å²) in [5.41, 5.74) is 1.59. The van der Waals surface area contributed by atoms with E-state index in [4.69, 9.17) is 0 Å². The monoisotopic (exact) mass is 312 g/mol. The summed E-state index contributed by atoms with van der Waals surface area (Å²) in [4.78, 5) is 24.1. The van der Waals surface area contributed by atoms with Crippen molar-refractivity contribution in [2.24, 2.45) is 0 Å². The molecule has 6 heteroatoms. The van der Waals surface area contributed by atoms with Gasteiger partial charge < -0.3 is 10.0 Å². The summed E-state index contributed by atoms with van der Waals surface area (Å²) >= 11 is 0. The fourth-order valence-electron chi connectivity index (χ4n) is 1.98. The molecule has 0 aromatic heterocycles. The fourth-order valence-corrected chi connectivity index (χ4v) is 1.98. The van der Waals surface area contributed by atoms with Gasteiger partial charge in [0.05, 0.1) is 4.92 Å². The molecule has 2 aromatic rings. The lowest BCUT2D eigenvalue weighted by Gasteiger charge is -2.11. The van der Waals surface area contributed by atoms with Gasteiger partial charge in [0.1, 0.15) is 0 Å². The second kappa shape index (κ2) is 6.74. The van der Waals surface area contributed by atoms with Crippen LogP contribution in [0.2, 0.25) is 0 Å². The van der Waals surface area contributed by atoms with Gasteiger partial charge >= 0.3 is 5.69 Å². The van der Waals surface area contributed by atoms with Gasteiger partial charge in [-0.3, -0.25) is 14.9 Å². The molecule has 0 saturated carbocycles. The Morgan fingerprint density at radius 2 is 1.83 bits per heavy atom. The summed E-state index contributed by atoms with van der Waals surface area (Å²) in [5, 5.41) is 20.2. The highest BCUT2D eigenvalue weighted by atomic mass is 16.6. The average molecular weight is 312 g/mol. The van der Waals surface area contributed by atoms with E-state index >= 15 is 0 Å². The summed E-state index contributed by atoms with van der Waals surface area (Å²) in [6.07, 6.45) is 2.83. The van der Waals surface area contributed by atoms with Crippen LogP contribution in [0.3, 0.4) is 0 Å². The number of ketones is 1. The van der Waals surface area contributed by atoms with Gasteiger partial charge in [-0.05, 0) is 42.0 Å². The standard InChI is InChI=1S/C17H16N2O4/c1-18(2)14-7-5-13(6-8-14)16(20)9-3-12-4-10-17(21)15(11-12)19(22)23/h3-11,21H,1-2H3/b9-3+. The number of allylic oxidation sites excluding steroid dienone is 1. The van der Waals surface area contributed by atoms with E-state index in [0.717, 1.165) is 5.69 Å². The van der Waals surface area contributed by atoms with Crippen molar-refractivity contribution in [3.8, 4) is 5.75 Å². The Hall–Kier alpha value is -3.15. The Balaban J connectivity index is 2.18. The SMILES string of the molecule is CN(C)c1ccc(C(=O)/C=C/c2ccc(O)c([N+](=O)[O-])c2)cc1. The molecule has 0 aliphatic heterocycles. The zero-order chi connectivity index (χ0) is 17.0. The lowest BCUT2D eigenvalue weighted by atomic mass is 10.1. The molecule has 0 spiro atoms. The van der Waals surface area contributed by atoms with Crippen LogP contribution in [0.1, 0.15) is 15.9 Å². The number of phenolic OH excluding ortho intramolecular Hbond substituents is 1. The molecule has 0 aliphatic carbocycles. The second-order valence-corrected chi connectivity index (χ2v) is 5.14. The predicted octanol–water partition coefficient (Wildman–Crippen LogP) is 3.26. The molecule has 0 amide bonds. The highest BCUT2D eigenvalue weighted by molar-refractivity contribution is 6.07. The van der Waals surface area contributed by atoms with E-state index in [1.54, 1.807) is 12.1 Å². The van der Waals surface area contributed by atoms with E-state index in [1.165, 1.54) is 30.4 Å². The van der Waals surface area contributed by atoms with Crippen molar-refractivity contribution in [1.29, 1.82) is 0 Å². The van der Waals surface area contributed by atoms with E-state index in [9.17, 15) is 20.0 Å². The molecular weight excluding hydrogens is 296 g/mol. The Kier molecular flexibility index (Phi) is 4.75. The summed E-state index contributed by atoms with van der Waals surface area (Å²) in [5.74, 6) is -0.608. The summed E-state index contributed by atoms with van der Waals surface area (Å²) in [7, 11) is 3.82. The van der Waals surface area contributed by atoms with Crippen LogP contribution in [0.5, 0.6) is 5.75 Å². The van der Waals surface area contributed by atoms with Crippen LogP contribution in [0.4, 0.5) is 11.4 Å². The molecule has 23 heavy (non-hydrogen) atoms. The van der Waals surface area contributed by atoms with Crippen molar-refractivity contribution >= 4 is 23.2 Å². The minimum Gasteiger partial charge on any atom is -0.502 e. The molecule has 0 saturated heterocycles. The van der Waals surface area contributed by atoms with Gasteiger partial charge in [0.15, 0.2) is 11.5 Å².